The molecule has 18 heavy (non-hydrogen) atoms. The maximum absolute atomic E-state index is 11.9. The Bertz CT molecular complexity index is 541. The Morgan fingerprint density at radius 1 is 1.33 bits per heavy atom. The fraction of sp³-hybridized carbons (Fsp3) is 0.231. The zero-order valence-corrected chi connectivity index (χ0v) is 12.3. The Balaban J connectivity index is 2.03. The lowest BCUT2D eigenvalue weighted by Gasteiger charge is -2.05. The Hall–Kier alpha value is -1.37. The summed E-state index contributed by atoms with van der Waals surface area (Å²) >= 11 is 2.22. The predicted molar refractivity (Wildman–Crippen MR) is 77.5 cm³/mol. The molecule has 1 N–H and O–H groups in total. The van der Waals surface area contributed by atoms with Crippen LogP contribution in [0.15, 0.2) is 28.8 Å². The minimum Gasteiger partial charge on any atom is -0.361 e. The summed E-state index contributed by atoms with van der Waals surface area (Å²) < 4.78 is 6.17. The standard InChI is InChI=1S/C13H13IN2O2/c1-8-12(9(2)18-16-8)7-13(17)15-11-5-3-10(14)4-6-11/h3-6H,7H2,1-2H3,(H,15,17). The molecule has 94 valence electrons. The number of anilines is 1. The van der Waals surface area contributed by atoms with Gasteiger partial charge in [0.25, 0.3) is 0 Å². The fourth-order valence-corrected chi connectivity index (χ4v) is 2.01. The van der Waals surface area contributed by atoms with E-state index in [4.69, 9.17) is 4.52 Å². The Morgan fingerprint density at radius 3 is 2.56 bits per heavy atom. The first kappa shape index (κ1) is 13.1. The third-order valence-corrected chi connectivity index (χ3v) is 3.37. The van der Waals surface area contributed by atoms with Crippen molar-refractivity contribution >= 4 is 34.2 Å². The minimum atomic E-state index is -0.0643. The number of nitrogens with one attached hydrogen (secondary N) is 1. The highest BCUT2D eigenvalue weighted by molar-refractivity contribution is 14.1. The van der Waals surface area contributed by atoms with Crippen molar-refractivity contribution in [3.05, 3.63) is 44.9 Å². The van der Waals surface area contributed by atoms with Crippen LogP contribution in [0, 0.1) is 17.4 Å². The zero-order valence-electron chi connectivity index (χ0n) is 10.2. The summed E-state index contributed by atoms with van der Waals surface area (Å²) in [5.74, 6) is 0.635. The van der Waals surface area contributed by atoms with Crippen LogP contribution in [0.25, 0.3) is 0 Å². The molecule has 1 heterocycles. The molecule has 0 bridgehead atoms. The Labute approximate surface area is 119 Å². The van der Waals surface area contributed by atoms with Crippen molar-refractivity contribution in [2.45, 2.75) is 20.3 Å². The summed E-state index contributed by atoms with van der Waals surface area (Å²) in [4.78, 5) is 11.9. The number of hydrogen-bond acceptors (Lipinski definition) is 3. The number of benzene rings is 1. The molecule has 0 spiro atoms. The molecule has 0 aliphatic heterocycles. The van der Waals surface area contributed by atoms with Gasteiger partial charge in [-0.1, -0.05) is 5.16 Å². The molecule has 0 aliphatic carbocycles. The number of rotatable bonds is 3. The van der Waals surface area contributed by atoms with Crippen LogP contribution in [0.4, 0.5) is 5.69 Å². The van der Waals surface area contributed by atoms with Crippen LogP contribution < -0.4 is 5.32 Å². The van der Waals surface area contributed by atoms with Gasteiger partial charge in [0.1, 0.15) is 5.76 Å². The first-order chi connectivity index (χ1) is 8.56. The van der Waals surface area contributed by atoms with E-state index >= 15 is 0 Å². The van der Waals surface area contributed by atoms with Crippen LogP contribution in [-0.4, -0.2) is 11.1 Å². The molecule has 1 aromatic carbocycles. The van der Waals surface area contributed by atoms with E-state index < -0.39 is 0 Å². The van der Waals surface area contributed by atoms with Crippen LogP contribution >= 0.6 is 22.6 Å². The van der Waals surface area contributed by atoms with Crippen molar-refractivity contribution in [1.82, 2.24) is 5.16 Å². The molecule has 0 saturated carbocycles. The van der Waals surface area contributed by atoms with Crippen molar-refractivity contribution in [2.24, 2.45) is 0 Å². The lowest BCUT2D eigenvalue weighted by molar-refractivity contribution is -0.115. The van der Waals surface area contributed by atoms with Crippen LogP contribution in [0.3, 0.4) is 0 Å². The van der Waals surface area contributed by atoms with E-state index in [1.807, 2.05) is 38.1 Å². The number of carbonyl (C=O) groups excluding carboxylic acids is 1. The molecule has 5 heteroatoms. The Kier molecular flexibility index (Phi) is 4.00. The summed E-state index contributed by atoms with van der Waals surface area (Å²) in [6, 6.07) is 7.66. The van der Waals surface area contributed by atoms with Crippen LogP contribution in [0.2, 0.25) is 0 Å². The molecule has 1 amide bonds. The molecule has 4 nitrogen and oxygen atoms in total. The zero-order chi connectivity index (χ0) is 13.1. The summed E-state index contributed by atoms with van der Waals surface area (Å²) in [5.41, 5.74) is 2.43. The molecule has 0 fully saturated rings. The second-order valence-electron chi connectivity index (χ2n) is 4.03. The number of carbonyl (C=O) groups is 1. The second-order valence-corrected chi connectivity index (χ2v) is 5.28. The first-order valence-electron chi connectivity index (χ1n) is 5.53. The fourth-order valence-electron chi connectivity index (χ4n) is 1.65. The normalized spacial score (nSPS) is 10.4. The number of halogens is 1. The molecular formula is C13H13IN2O2. The van der Waals surface area contributed by atoms with Crippen LogP contribution in [0.1, 0.15) is 17.0 Å². The highest BCUT2D eigenvalue weighted by Gasteiger charge is 2.13. The highest BCUT2D eigenvalue weighted by atomic mass is 127. The van der Waals surface area contributed by atoms with Gasteiger partial charge < -0.3 is 9.84 Å². The number of nitrogens with zero attached hydrogens (tertiary/aromatic N) is 1. The topological polar surface area (TPSA) is 55.1 Å². The van der Waals surface area contributed by atoms with Gasteiger partial charge in [0, 0.05) is 14.8 Å². The molecular weight excluding hydrogens is 343 g/mol. The van der Waals surface area contributed by atoms with E-state index in [1.54, 1.807) is 0 Å². The van der Waals surface area contributed by atoms with Gasteiger partial charge in [0.2, 0.25) is 5.91 Å². The van der Waals surface area contributed by atoms with Crippen molar-refractivity contribution in [2.75, 3.05) is 5.32 Å². The summed E-state index contributed by atoms with van der Waals surface area (Å²) in [5, 5.41) is 6.68. The van der Waals surface area contributed by atoms with E-state index in [-0.39, 0.29) is 12.3 Å². The first-order valence-corrected chi connectivity index (χ1v) is 6.61. The van der Waals surface area contributed by atoms with Gasteiger partial charge in [-0.25, -0.2) is 0 Å². The third-order valence-electron chi connectivity index (χ3n) is 2.65. The Morgan fingerprint density at radius 2 is 2.00 bits per heavy atom. The van der Waals surface area contributed by atoms with Gasteiger partial charge in [0.15, 0.2) is 0 Å². The number of amides is 1. The van der Waals surface area contributed by atoms with Crippen molar-refractivity contribution < 1.29 is 9.32 Å². The molecule has 2 rings (SSSR count). The lowest BCUT2D eigenvalue weighted by Crippen LogP contribution is -2.15. The van der Waals surface area contributed by atoms with E-state index in [1.165, 1.54) is 0 Å². The predicted octanol–water partition coefficient (Wildman–Crippen LogP) is 3.08. The van der Waals surface area contributed by atoms with Crippen LogP contribution in [-0.2, 0) is 11.2 Å². The smallest absolute Gasteiger partial charge is 0.228 e. The summed E-state index contributed by atoms with van der Waals surface area (Å²) in [6.07, 6.45) is 0.285. The SMILES string of the molecule is Cc1noc(C)c1CC(=O)Nc1ccc(I)cc1. The van der Waals surface area contributed by atoms with E-state index in [0.29, 0.717) is 5.76 Å². The maximum Gasteiger partial charge on any atom is 0.228 e. The summed E-state index contributed by atoms with van der Waals surface area (Å²) in [7, 11) is 0. The molecule has 0 unspecified atom stereocenters. The number of aromatic nitrogens is 1. The van der Waals surface area contributed by atoms with Crippen LogP contribution in [0.5, 0.6) is 0 Å². The molecule has 1 aromatic heterocycles. The van der Waals surface area contributed by atoms with Crippen molar-refractivity contribution in [3.63, 3.8) is 0 Å². The van der Waals surface area contributed by atoms with E-state index in [2.05, 4.69) is 33.1 Å². The lowest BCUT2D eigenvalue weighted by atomic mass is 10.1. The van der Waals surface area contributed by atoms with Gasteiger partial charge in [-0.05, 0) is 60.7 Å². The van der Waals surface area contributed by atoms with Gasteiger partial charge >= 0.3 is 0 Å². The monoisotopic (exact) mass is 356 g/mol. The second kappa shape index (κ2) is 5.51. The maximum atomic E-state index is 11.9. The molecule has 2 aromatic rings. The number of hydrogen-bond donors (Lipinski definition) is 1. The third kappa shape index (κ3) is 3.10. The van der Waals surface area contributed by atoms with Crippen molar-refractivity contribution in [1.29, 1.82) is 0 Å². The molecule has 0 aliphatic rings. The van der Waals surface area contributed by atoms with Crippen molar-refractivity contribution in [3.8, 4) is 0 Å². The average molecular weight is 356 g/mol. The van der Waals surface area contributed by atoms with Gasteiger partial charge in [-0.2, -0.15) is 0 Å². The number of aryl methyl sites for hydroxylation is 2. The van der Waals surface area contributed by atoms with E-state index in [9.17, 15) is 4.79 Å². The molecule has 0 saturated heterocycles. The quantitative estimate of drug-likeness (QED) is 0.860. The largest absolute Gasteiger partial charge is 0.361 e. The average Bonchev–Trinajstić information content (AvgIpc) is 2.64. The van der Waals surface area contributed by atoms with Gasteiger partial charge in [-0.3, -0.25) is 4.79 Å². The van der Waals surface area contributed by atoms with Gasteiger partial charge in [-0.15, -0.1) is 0 Å². The summed E-state index contributed by atoms with van der Waals surface area (Å²) in [6.45, 7) is 3.65. The molecule has 0 atom stereocenters. The minimum absolute atomic E-state index is 0.0643. The van der Waals surface area contributed by atoms with E-state index in [0.717, 1.165) is 20.5 Å². The van der Waals surface area contributed by atoms with Gasteiger partial charge in [0.05, 0.1) is 12.1 Å². The highest BCUT2D eigenvalue weighted by Crippen LogP contribution is 2.15. The molecule has 0 radical (unpaired) electrons.